The number of rotatable bonds is 4. The number of aromatic amines is 2. The second kappa shape index (κ2) is 7.09. The molecular weight excluding hydrogens is 362 g/mol. The monoisotopic (exact) mass is 379 g/mol. The number of hydrogen-bond donors (Lipinski definition) is 3. The molecule has 2 aromatic heterocycles. The molecule has 1 amide bonds. The Morgan fingerprint density at radius 3 is 2.72 bits per heavy atom. The molecule has 0 saturated heterocycles. The Balaban J connectivity index is 1.32. The second-order valence-electron chi connectivity index (χ2n) is 6.72. The molecule has 29 heavy (non-hydrogen) atoms. The maximum absolute atomic E-state index is 12.4. The summed E-state index contributed by atoms with van der Waals surface area (Å²) in [6, 6.07) is 23.9. The molecule has 2 heterocycles. The fraction of sp³-hybridized carbons (Fsp3) is 0. The Hall–Kier alpha value is -4.19. The SMILES string of the molecule is O=C(N/N=C/c1c[nH]c2ccccc12)c1cc(-c2ccc3ccccc3c2)n[nH]1. The summed E-state index contributed by atoms with van der Waals surface area (Å²) in [5.74, 6) is -0.347. The Kier molecular flexibility index (Phi) is 4.14. The van der Waals surface area contributed by atoms with Gasteiger partial charge in [0.1, 0.15) is 5.69 Å². The van der Waals surface area contributed by atoms with Crippen LogP contribution in [0.4, 0.5) is 0 Å². The first-order valence-electron chi connectivity index (χ1n) is 9.22. The normalized spacial score (nSPS) is 11.4. The average Bonchev–Trinajstić information content (AvgIpc) is 3.41. The van der Waals surface area contributed by atoms with Crippen molar-refractivity contribution >= 4 is 33.8 Å². The molecule has 5 rings (SSSR count). The van der Waals surface area contributed by atoms with E-state index in [9.17, 15) is 4.79 Å². The smallest absolute Gasteiger partial charge is 0.289 e. The van der Waals surface area contributed by atoms with E-state index in [0.717, 1.165) is 32.8 Å². The number of nitrogens with zero attached hydrogens (tertiary/aromatic N) is 2. The van der Waals surface area contributed by atoms with Crippen molar-refractivity contribution in [2.45, 2.75) is 0 Å². The number of para-hydroxylation sites is 1. The predicted octanol–water partition coefficient (Wildman–Crippen LogP) is 4.48. The van der Waals surface area contributed by atoms with E-state index in [-0.39, 0.29) is 5.91 Å². The lowest BCUT2D eigenvalue weighted by Crippen LogP contribution is -2.17. The van der Waals surface area contributed by atoms with Crippen LogP contribution in [0.5, 0.6) is 0 Å². The minimum absolute atomic E-state index is 0.347. The third-order valence-electron chi connectivity index (χ3n) is 4.86. The van der Waals surface area contributed by atoms with E-state index >= 15 is 0 Å². The van der Waals surface area contributed by atoms with Crippen molar-refractivity contribution in [3.05, 3.63) is 90.3 Å². The lowest BCUT2D eigenvalue weighted by Gasteiger charge is -2.00. The van der Waals surface area contributed by atoms with Gasteiger partial charge in [-0.05, 0) is 29.0 Å². The molecule has 0 aliphatic heterocycles. The molecule has 0 spiro atoms. The van der Waals surface area contributed by atoms with Gasteiger partial charge in [0.15, 0.2) is 0 Å². The Bertz CT molecular complexity index is 1360. The first-order valence-corrected chi connectivity index (χ1v) is 9.22. The molecule has 0 bridgehead atoms. The third-order valence-corrected chi connectivity index (χ3v) is 4.86. The molecule has 0 aliphatic rings. The molecule has 0 radical (unpaired) electrons. The Morgan fingerprint density at radius 1 is 0.966 bits per heavy atom. The summed E-state index contributed by atoms with van der Waals surface area (Å²) in [6.07, 6.45) is 3.48. The molecule has 140 valence electrons. The van der Waals surface area contributed by atoms with Gasteiger partial charge in [-0.1, -0.05) is 54.6 Å². The number of benzene rings is 3. The van der Waals surface area contributed by atoms with E-state index in [4.69, 9.17) is 0 Å². The van der Waals surface area contributed by atoms with Crippen molar-refractivity contribution in [1.82, 2.24) is 20.6 Å². The maximum atomic E-state index is 12.4. The first kappa shape index (κ1) is 16.9. The summed E-state index contributed by atoms with van der Waals surface area (Å²) in [5, 5.41) is 14.5. The van der Waals surface area contributed by atoms with Crippen LogP contribution in [0.15, 0.2) is 84.1 Å². The van der Waals surface area contributed by atoms with Gasteiger partial charge in [-0.3, -0.25) is 9.89 Å². The van der Waals surface area contributed by atoms with Crippen molar-refractivity contribution < 1.29 is 4.79 Å². The van der Waals surface area contributed by atoms with Crippen LogP contribution >= 0.6 is 0 Å². The Labute approximate surface area is 166 Å². The van der Waals surface area contributed by atoms with Crippen LogP contribution < -0.4 is 5.43 Å². The zero-order valence-electron chi connectivity index (χ0n) is 15.4. The lowest BCUT2D eigenvalue weighted by atomic mass is 10.1. The van der Waals surface area contributed by atoms with Crippen LogP contribution in [0.2, 0.25) is 0 Å². The van der Waals surface area contributed by atoms with Crippen molar-refractivity contribution in [2.24, 2.45) is 5.10 Å². The molecule has 3 aromatic carbocycles. The standard InChI is InChI=1S/C23H17N5O/c29-23(28-25-14-18-13-24-20-8-4-3-7-19(18)20)22-12-21(26-27-22)17-10-9-15-5-1-2-6-16(15)11-17/h1-14,24H,(H,26,27)(H,28,29)/b25-14+. The van der Waals surface area contributed by atoms with Crippen LogP contribution in [0, 0.1) is 0 Å². The summed E-state index contributed by atoms with van der Waals surface area (Å²) >= 11 is 0. The molecule has 0 atom stereocenters. The number of fused-ring (bicyclic) bond motifs is 2. The van der Waals surface area contributed by atoms with Gasteiger partial charge in [-0.2, -0.15) is 10.2 Å². The summed E-state index contributed by atoms with van der Waals surface area (Å²) in [6.45, 7) is 0. The van der Waals surface area contributed by atoms with Gasteiger partial charge in [-0.25, -0.2) is 5.43 Å². The highest BCUT2D eigenvalue weighted by molar-refractivity contribution is 6.00. The number of aromatic nitrogens is 3. The van der Waals surface area contributed by atoms with Gasteiger partial charge in [0, 0.05) is 28.2 Å². The lowest BCUT2D eigenvalue weighted by molar-refractivity contribution is 0.0950. The van der Waals surface area contributed by atoms with E-state index in [1.54, 1.807) is 12.3 Å². The highest BCUT2D eigenvalue weighted by Crippen LogP contribution is 2.23. The first-order chi connectivity index (χ1) is 14.3. The van der Waals surface area contributed by atoms with E-state index in [0.29, 0.717) is 11.4 Å². The molecule has 0 aliphatic carbocycles. The quantitative estimate of drug-likeness (QED) is 0.318. The predicted molar refractivity (Wildman–Crippen MR) is 115 cm³/mol. The molecule has 6 nitrogen and oxygen atoms in total. The number of carbonyl (C=O) groups excluding carboxylic acids is 1. The average molecular weight is 379 g/mol. The fourth-order valence-electron chi connectivity index (χ4n) is 3.36. The van der Waals surface area contributed by atoms with E-state index in [1.165, 1.54) is 0 Å². The number of H-pyrrole nitrogens is 2. The van der Waals surface area contributed by atoms with E-state index in [1.807, 2.05) is 54.7 Å². The highest BCUT2D eigenvalue weighted by atomic mass is 16.2. The zero-order valence-corrected chi connectivity index (χ0v) is 15.4. The van der Waals surface area contributed by atoms with Crippen LogP contribution in [-0.4, -0.2) is 27.3 Å². The third kappa shape index (κ3) is 3.27. The van der Waals surface area contributed by atoms with Gasteiger partial charge in [0.2, 0.25) is 0 Å². The van der Waals surface area contributed by atoms with Gasteiger partial charge >= 0.3 is 0 Å². The van der Waals surface area contributed by atoms with Gasteiger partial charge in [0.05, 0.1) is 11.9 Å². The molecule has 0 saturated carbocycles. The number of nitrogens with one attached hydrogen (secondary N) is 3. The van der Waals surface area contributed by atoms with Crippen molar-refractivity contribution in [1.29, 1.82) is 0 Å². The number of carbonyl (C=O) groups is 1. The minimum Gasteiger partial charge on any atom is -0.361 e. The van der Waals surface area contributed by atoms with Gasteiger partial charge < -0.3 is 4.98 Å². The minimum atomic E-state index is -0.347. The number of hydrazone groups is 1. The molecular formula is C23H17N5O. The van der Waals surface area contributed by atoms with Crippen LogP contribution in [-0.2, 0) is 0 Å². The Morgan fingerprint density at radius 2 is 1.79 bits per heavy atom. The fourth-order valence-corrected chi connectivity index (χ4v) is 3.36. The van der Waals surface area contributed by atoms with Crippen LogP contribution in [0.1, 0.15) is 16.1 Å². The summed E-state index contributed by atoms with van der Waals surface area (Å²) < 4.78 is 0. The van der Waals surface area contributed by atoms with Gasteiger partial charge in [-0.15, -0.1) is 0 Å². The van der Waals surface area contributed by atoms with E-state index < -0.39 is 0 Å². The molecule has 5 aromatic rings. The summed E-state index contributed by atoms with van der Waals surface area (Å²) in [5.41, 5.74) is 6.48. The van der Waals surface area contributed by atoms with Crippen molar-refractivity contribution in [3.63, 3.8) is 0 Å². The summed E-state index contributed by atoms with van der Waals surface area (Å²) in [4.78, 5) is 15.6. The topological polar surface area (TPSA) is 85.9 Å². The number of amides is 1. The van der Waals surface area contributed by atoms with Crippen molar-refractivity contribution in [3.8, 4) is 11.3 Å². The van der Waals surface area contributed by atoms with E-state index in [2.05, 4.69) is 43.9 Å². The molecule has 0 fully saturated rings. The van der Waals surface area contributed by atoms with Crippen LogP contribution in [0.3, 0.4) is 0 Å². The molecule has 6 heteroatoms. The molecule has 0 unspecified atom stereocenters. The maximum Gasteiger partial charge on any atom is 0.289 e. The van der Waals surface area contributed by atoms with Gasteiger partial charge in [0.25, 0.3) is 5.91 Å². The van der Waals surface area contributed by atoms with Crippen LogP contribution in [0.25, 0.3) is 32.9 Å². The highest BCUT2D eigenvalue weighted by Gasteiger charge is 2.11. The zero-order chi connectivity index (χ0) is 19.6. The van der Waals surface area contributed by atoms with Crippen molar-refractivity contribution in [2.75, 3.05) is 0 Å². The number of hydrogen-bond acceptors (Lipinski definition) is 3. The molecule has 3 N–H and O–H groups in total. The summed E-state index contributed by atoms with van der Waals surface area (Å²) in [7, 11) is 0. The largest absolute Gasteiger partial charge is 0.361 e. The second-order valence-corrected chi connectivity index (χ2v) is 6.72.